The summed E-state index contributed by atoms with van der Waals surface area (Å²) in [4.78, 5) is 28.2. The van der Waals surface area contributed by atoms with Gasteiger partial charge in [-0.05, 0) is 39.2 Å². The van der Waals surface area contributed by atoms with Gasteiger partial charge in [0.05, 0.1) is 11.1 Å². The van der Waals surface area contributed by atoms with Gasteiger partial charge in [-0.3, -0.25) is 9.59 Å². The third kappa shape index (κ3) is 3.15. The van der Waals surface area contributed by atoms with E-state index < -0.39 is 0 Å². The molecule has 0 amide bonds. The predicted molar refractivity (Wildman–Crippen MR) is 101 cm³/mol. The van der Waals surface area contributed by atoms with Crippen molar-refractivity contribution in [2.45, 2.75) is 6.42 Å². The van der Waals surface area contributed by atoms with E-state index in [9.17, 15) is 9.59 Å². The van der Waals surface area contributed by atoms with Crippen LogP contribution in [-0.4, -0.2) is 50.7 Å². The lowest BCUT2D eigenvalue weighted by atomic mass is 9.82. The Bertz CT molecular complexity index is 828. The standard InChI is InChI=1S/C20H23N3O2/c1-21-15-9-10-16(22-11-6-12-23(2)3)18-17(15)19(24)13-7-4-5-8-14(13)20(18)25/h4-5,7-10,21-22H,6,11-12H2,1-3H3. The van der Waals surface area contributed by atoms with E-state index in [1.165, 1.54) is 0 Å². The highest BCUT2D eigenvalue weighted by Gasteiger charge is 2.33. The molecular formula is C20H23N3O2. The first kappa shape index (κ1) is 17.2. The van der Waals surface area contributed by atoms with Gasteiger partial charge in [0.1, 0.15) is 0 Å². The fourth-order valence-electron chi connectivity index (χ4n) is 3.20. The van der Waals surface area contributed by atoms with Gasteiger partial charge in [0.25, 0.3) is 0 Å². The van der Waals surface area contributed by atoms with Gasteiger partial charge in [-0.1, -0.05) is 24.3 Å². The molecule has 0 fully saturated rings. The molecule has 0 spiro atoms. The number of nitrogens with one attached hydrogen (secondary N) is 2. The molecule has 0 atom stereocenters. The zero-order valence-electron chi connectivity index (χ0n) is 14.8. The average Bonchev–Trinajstić information content (AvgIpc) is 2.62. The zero-order chi connectivity index (χ0) is 18.0. The highest BCUT2D eigenvalue weighted by atomic mass is 16.1. The van der Waals surface area contributed by atoms with Crippen LogP contribution in [0.3, 0.4) is 0 Å². The Morgan fingerprint density at radius 1 is 0.880 bits per heavy atom. The normalized spacial score (nSPS) is 12.8. The summed E-state index contributed by atoms with van der Waals surface area (Å²) in [6, 6.07) is 10.7. The molecule has 0 saturated heterocycles. The highest BCUT2D eigenvalue weighted by molar-refractivity contribution is 6.31. The van der Waals surface area contributed by atoms with Crippen LogP contribution >= 0.6 is 0 Å². The number of rotatable bonds is 6. The van der Waals surface area contributed by atoms with Gasteiger partial charge in [0.15, 0.2) is 11.6 Å². The lowest BCUT2D eigenvalue weighted by molar-refractivity contribution is 0.0980. The molecule has 130 valence electrons. The number of anilines is 2. The van der Waals surface area contributed by atoms with Gasteiger partial charge < -0.3 is 15.5 Å². The molecule has 5 nitrogen and oxygen atoms in total. The van der Waals surface area contributed by atoms with Crippen molar-refractivity contribution in [2.24, 2.45) is 0 Å². The summed E-state index contributed by atoms with van der Waals surface area (Å²) in [5.41, 5.74) is 3.29. The van der Waals surface area contributed by atoms with E-state index in [-0.39, 0.29) is 11.6 Å². The second-order valence-corrected chi connectivity index (χ2v) is 6.45. The van der Waals surface area contributed by atoms with Crippen molar-refractivity contribution < 1.29 is 9.59 Å². The summed E-state index contributed by atoms with van der Waals surface area (Å²) < 4.78 is 0. The summed E-state index contributed by atoms with van der Waals surface area (Å²) in [5, 5.41) is 6.37. The van der Waals surface area contributed by atoms with Crippen LogP contribution in [0.5, 0.6) is 0 Å². The van der Waals surface area contributed by atoms with Gasteiger partial charge in [0.2, 0.25) is 0 Å². The number of carbonyl (C=O) groups is 2. The first-order valence-electron chi connectivity index (χ1n) is 8.46. The predicted octanol–water partition coefficient (Wildman–Crippen LogP) is 2.87. The van der Waals surface area contributed by atoms with Crippen molar-refractivity contribution in [1.29, 1.82) is 0 Å². The van der Waals surface area contributed by atoms with Crippen LogP contribution in [0.4, 0.5) is 11.4 Å². The fourth-order valence-corrected chi connectivity index (χ4v) is 3.20. The molecule has 0 bridgehead atoms. The maximum absolute atomic E-state index is 13.1. The van der Waals surface area contributed by atoms with E-state index in [0.717, 1.165) is 25.2 Å². The Kier molecular flexibility index (Phi) is 4.86. The molecule has 25 heavy (non-hydrogen) atoms. The number of carbonyl (C=O) groups excluding carboxylic acids is 2. The Balaban J connectivity index is 2.01. The van der Waals surface area contributed by atoms with Crippen molar-refractivity contribution in [1.82, 2.24) is 4.90 Å². The lowest BCUT2D eigenvalue weighted by Gasteiger charge is -2.23. The minimum atomic E-state index is -0.105. The largest absolute Gasteiger partial charge is 0.388 e. The molecule has 1 aliphatic carbocycles. The zero-order valence-corrected chi connectivity index (χ0v) is 14.8. The molecular weight excluding hydrogens is 314 g/mol. The molecule has 2 aromatic carbocycles. The van der Waals surface area contributed by atoms with Gasteiger partial charge in [0, 0.05) is 36.1 Å². The first-order valence-corrected chi connectivity index (χ1v) is 8.46. The number of fused-ring (bicyclic) bond motifs is 2. The third-order valence-electron chi connectivity index (χ3n) is 4.44. The maximum Gasteiger partial charge on any atom is 0.196 e. The summed E-state index contributed by atoms with van der Waals surface area (Å²) >= 11 is 0. The summed E-state index contributed by atoms with van der Waals surface area (Å²) in [6.07, 6.45) is 0.953. The summed E-state index contributed by atoms with van der Waals surface area (Å²) in [7, 11) is 5.82. The smallest absolute Gasteiger partial charge is 0.196 e. The quantitative estimate of drug-likeness (QED) is 0.677. The molecule has 0 saturated carbocycles. The summed E-state index contributed by atoms with van der Waals surface area (Å²) in [6.45, 7) is 1.70. The summed E-state index contributed by atoms with van der Waals surface area (Å²) in [5.74, 6) is -0.205. The second kappa shape index (κ2) is 7.07. The van der Waals surface area contributed by atoms with Crippen LogP contribution in [0.15, 0.2) is 36.4 Å². The Hall–Kier alpha value is -2.66. The van der Waals surface area contributed by atoms with Crippen molar-refractivity contribution >= 4 is 22.9 Å². The van der Waals surface area contributed by atoms with Crippen molar-refractivity contribution in [3.05, 3.63) is 58.7 Å². The lowest BCUT2D eigenvalue weighted by Crippen LogP contribution is -2.24. The van der Waals surface area contributed by atoms with Gasteiger partial charge in [-0.2, -0.15) is 0 Å². The molecule has 1 aliphatic rings. The Morgan fingerprint density at radius 2 is 1.44 bits per heavy atom. The maximum atomic E-state index is 13.1. The first-order chi connectivity index (χ1) is 12.0. The van der Waals surface area contributed by atoms with Crippen molar-refractivity contribution in [3.63, 3.8) is 0 Å². The number of hydrogen-bond acceptors (Lipinski definition) is 5. The van der Waals surface area contributed by atoms with E-state index in [0.29, 0.717) is 27.9 Å². The molecule has 2 N–H and O–H groups in total. The molecule has 0 aliphatic heterocycles. The van der Waals surface area contributed by atoms with Crippen LogP contribution in [0.25, 0.3) is 0 Å². The highest BCUT2D eigenvalue weighted by Crippen LogP contribution is 2.36. The fraction of sp³-hybridized carbons (Fsp3) is 0.300. The van der Waals surface area contributed by atoms with Crippen molar-refractivity contribution in [2.75, 3.05) is 44.9 Å². The van der Waals surface area contributed by atoms with Crippen LogP contribution in [-0.2, 0) is 0 Å². The number of hydrogen-bond donors (Lipinski definition) is 2. The van der Waals surface area contributed by atoms with Crippen molar-refractivity contribution in [3.8, 4) is 0 Å². The van der Waals surface area contributed by atoms with Crippen LogP contribution in [0.2, 0.25) is 0 Å². The van der Waals surface area contributed by atoms with E-state index in [1.807, 2.05) is 26.2 Å². The van der Waals surface area contributed by atoms with Gasteiger partial charge >= 0.3 is 0 Å². The van der Waals surface area contributed by atoms with Crippen LogP contribution in [0.1, 0.15) is 38.3 Å². The van der Waals surface area contributed by atoms with E-state index in [4.69, 9.17) is 0 Å². The minimum Gasteiger partial charge on any atom is -0.388 e. The topological polar surface area (TPSA) is 61.4 Å². The number of nitrogens with zero attached hydrogens (tertiary/aromatic N) is 1. The van der Waals surface area contributed by atoms with Gasteiger partial charge in [-0.25, -0.2) is 0 Å². The van der Waals surface area contributed by atoms with Crippen LogP contribution < -0.4 is 10.6 Å². The molecule has 0 aromatic heterocycles. The molecule has 2 aromatic rings. The third-order valence-corrected chi connectivity index (χ3v) is 4.44. The molecule has 0 heterocycles. The minimum absolute atomic E-state index is 0.0996. The van der Waals surface area contributed by atoms with Gasteiger partial charge in [-0.15, -0.1) is 0 Å². The van der Waals surface area contributed by atoms with E-state index >= 15 is 0 Å². The number of ketones is 2. The molecule has 0 unspecified atom stereocenters. The Morgan fingerprint density at radius 3 is 2.00 bits per heavy atom. The SMILES string of the molecule is CNc1ccc(NCCCN(C)C)c2c1C(=O)c1ccccc1C2=O. The van der Waals surface area contributed by atoms with E-state index in [2.05, 4.69) is 15.5 Å². The Labute approximate surface area is 148 Å². The second-order valence-electron chi connectivity index (χ2n) is 6.45. The molecule has 3 rings (SSSR count). The number of benzene rings is 2. The average molecular weight is 337 g/mol. The van der Waals surface area contributed by atoms with Crippen LogP contribution in [0, 0.1) is 0 Å². The monoisotopic (exact) mass is 337 g/mol. The van der Waals surface area contributed by atoms with E-state index in [1.54, 1.807) is 31.3 Å². The molecule has 0 radical (unpaired) electrons. The molecule has 5 heteroatoms.